The molecule has 0 atom stereocenters. The number of hydrogen-bond acceptors (Lipinski definition) is 2. The van der Waals surface area contributed by atoms with E-state index in [-0.39, 0.29) is 0 Å². The fourth-order valence-electron chi connectivity index (χ4n) is 2.68. The van der Waals surface area contributed by atoms with Crippen molar-refractivity contribution in [2.45, 2.75) is 25.8 Å². The Bertz CT molecular complexity index is 574. The molecule has 0 aliphatic carbocycles. The zero-order chi connectivity index (χ0) is 12.5. The van der Waals surface area contributed by atoms with Gasteiger partial charge in [0, 0.05) is 28.7 Å². The molecule has 18 heavy (non-hydrogen) atoms. The Hall–Kier alpha value is -1.13. The molecule has 94 valence electrons. The summed E-state index contributed by atoms with van der Waals surface area (Å²) in [5.74, 6) is 0. The predicted molar refractivity (Wildman–Crippen MR) is 76.4 cm³/mol. The zero-order valence-electron chi connectivity index (χ0n) is 10.2. The van der Waals surface area contributed by atoms with Crippen molar-refractivity contribution < 1.29 is 0 Å². The van der Waals surface area contributed by atoms with Crippen molar-refractivity contribution in [1.82, 2.24) is 9.78 Å². The number of rotatable bonds is 3. The maximum atomic E-state index is 5.70. The van der Waals surface area contributed by atoms with Crippen LogP contribution in [0.2, 0.25) is 0 Å². The predicted octanol–water partition coefficient (Wildman–Crippen LogP) is 2.76. The van der Waals surface area contributed by atoms with Gasteiger partial charge in [0.15, 0.2) is 0 Å². The molecule has 1 aliphatic rings. The summed E-state index contributed by atoms with van der Waals surface area (Å²) >= 11 is 3.54. The van der Waals surface area contributed by atoms with E-state index < -0.39 is 0 Å². The molecular formula is C14H16BrN3. The van der Waals surface area contributed by atoms with Gasteiger partial charge < -0.3 is 5.73 Å². The van der Waals surface area contributed by atoms with Gasteiger partial charge in [-0.1, -0.05) is 28.1 Å². The lowest BCUT2D eigenvalue weighted by atomic mass is 10.0. The van der Waals surface area contributed by atoms with Crippen molar-refractivity contribution in [2.24, 2.45) is 5.73 Å². The first-order valence-corrected chi connectivity index (χ1v) is 7.13. The number of benzene rings is 1. The van der Waals surface area contributed by atoms with E-state index in [2.05, 4.69) is 44.9 Å². The maximum absolute atomic E-state index is 5.70. The minimum atomic E-state index is 0.650. The van der Waals surface area contributed by atoms with Crippen LogP contribution in [0.4, 0.5) is 0 Å². The quantitative estimate of drug-likeness (QED) is 0.947. The molecule has 1 aromatic carbocycles. The molecule has 4 heteroatoms. The first-order valence-electron chi connectivity index (χ1n) is 6.34. The molecular weight excluding hydrogens is 290 g/mol. The Morgan fingerprint density at radius 1 is 1.39 bits per heavy atom. The third-order valence-corrected chi connectivity index (χ3v) is 3.90. The van der Waals surface area contributed by atoms with Crippen molar-refractivity contribution in [1.29, 1.82) is 0 Å². The average molecular weight is 306 g/mol. The van der Waals surface area contributed by atoms with Crippen molar-refractivity contribution in [2.75, 3.05) is 6.54 Å². The molecule has 2 aromatic rings. The Kier molecular flexibility index (Phi) is 3.22. The van der Waals surface area contributed by atoms with Crippen molar-refractivity contribution in [3.63, 3.8) is 0 Å². The van der Waals surface area contributed by atoms with E-state index in [0.717, 1.165) is 29.6 Å². The molecule has 3 nitrogen and oxygen atoms in total. The summed E-state index contributed by atoms with van der Waals surface area (Å²) in [6.45, 7) is 1.69. The van der Waals surface area contributed by atoms with Gasteiger partial charge in [0.05, 0.1) is 5.69 Å². The highest BCUT2D eigenvalue weighted by molar-refractivity contribution is 9.10. The van der Waals surface area contributed by atoms with Gasteiger partial charge in [0.1, 0.15) is 0 Å². The Morgan fingerprint density at radius 2 is 2.28 bits per heavy atom. The fraction of sp³-hybridized carbons (Fsp3) is 0.357. The lowest BCUT2D eigenvalue weighted by molar-refractivity contribution is 0.643. The summed E-state index contributed by atoms with van der Waals surface area (Å²) in [4.78, 5) is 0. The van der Waals surface area contributed by atoms with E-state index in [1.807, 2.05) is 0 Å². The van der Waals surface area contributed by atoms with Gasteiger partial charge in [-0.2, -0.15) is 5.10 Å². The van der Waals surface area contributed by atoms with Gasteiger partial charge >= 0.3 is 0 Å². The monoisotopic (exact) mass is 305 g/mol. The number of fused-ring (bicyclic) bond motifs is 1. The number of aromatic nitrogens is 2. The van der Waals surface area contributed by atoms with Gasteiger partial charge in [-0.25, -0.2) is 0 Å². The summed E-state index contributed by atoms with van der Waals surface area (Å²) < 4.78 is 3.26. The lowest BCUT2D eigenvalue weighted by Crippen LogP contribution is -2.05. The number of halogens is 1. The van der Waals surface area contributed by atoms with Crippen molar-refractivity contribution >= 4 is 15.9 Å². The van der Waals surface area contributed by atoms with Crippen LogP contribution in [0, 0.1) is 0 Å². The van der Waals surface area contributed by atoms with Crippen molar-refractivity contribution in [3.05, 3.63) is 40.1 Å². The maximum Gasteiger partial charge on any atom is 0.0718 e. The minimum Gasteiger partial charge on any atom is -0.330 e. The van der Waals surface area contributed by atoms with Crippen LogP contribution in [0.25, 0.3) is 11.1 Å². The van der Waals surface area contributed by atoms with Crippen LogP contribution >= 0.6 is 15.9 Å². The standard InChI is InChI=1S/C14H16BrN3/c15-11-4-1-3-10(9-11)14-12(6-7-16)17-18-8-2-5-13(14)18/h1,3-4,9H,2,5-8,16H2. The highest BCUT2D eigenvalue weighted by Gasteiger charge is 2.22. The molecule has 0 fully saturated rings. The second-order valence-electron chi connectivity index (χ2n) is 4.64. The number of aryl methyl sites for hydroxylation is 1. The number of hydrogen-bond donors (Lipinski definition) is 1. The molecule has 3 rings (SSSR count). The van der Waals surface area contributed by atoms with Crippen LogP contribution in [0.5, 0.6) is 0 Å². The molecule has 1 aliphatic heterocycles. The molecule has 0 amide bonds. The first-order chi connectivity index (χ1) is 8.79. The summed E-state index contributed by atoms with van der Waals surface area (Å²) in [6.07, 6.45) is 3.17. The molecule has 0 saturated carbocycles. The van der Waals surface area contributed by atoms with Crippen LogP contribution < -0.4 is 5.73 Å². The van der Waals surface area contributed by atoms with E-state index in [1.165, 1.54) is 23.2 Å². The molecule has 2 N–H and O–H groups in total. The Morgan fingerprint density at radius 3 is 3.06 bits per heavy atom. The lowest BCUT2D eigenvalue weighted by Gasteiger charge is -2.05. The highest BCUT2D eigenvalue weighted by atomic mass is 79.9. The van der Waals surface area contributed by atoms with E-state index in [9.17, 15) is 0 Å². The third kappa shape index (κ3) is 1.99. The van der Waals surface area contributed by atoms with Gasteiger partial charge in [-0.3, -0.25) is 4.68 Å². The summed E-state index contributed by atoms with van der Waals surface area (Å²) in [5.41, 5.74) is 10.8. The molecule has 0 saturated heterocycles. The van der Waals surface area contributed by atoms with Gasteiger partial charge in [0.25, 0.3) is 0 Å². The molecule has 0 bridgehead atoms. The summed E-state index contributed by atoms with van der Waals surface area (Å²) in [6, 6.07) is 8.44. The van der Waals surface area contributed by atoms with E-state index in [4.69, 9.17) is 10.8 Å². The summed E-state index contributed by atoms with van der Waals surface area (Å²) in [7, 11) is 0. The van der Waals surface area contributed by atoms with Gasteiger partial charge in [-0.05, 0) is 37.1 Å². The molecule has 1 aromatic heterocycles. The van der Waals surface area contributed by atoms with Gasteiger partial charge in [-0.15, -0.1) is 0 Å². The third-order valence-electron chi connectivity index (χ3n) is 3.41. The Balaban J connectivity index is 2.14. The minimum absolute atomic E-state index is 0.650. The van der Waals surface area contributed by atoms with Crippen LogP contribution in [0.15, 0.2) is 28.7 Å². The normalized spacial score (nSPS) is 13.9. The fourth-order valence-corrected chi connectivity index (χ4v) is 3.08. The molecule has 0 spiro atoms. The van der Waals surface area contributed by atoms with Crippen molar-refractivity contribution in [3.8, 4) is 11.1 Å². The summed E-state index contributed by atoms with van der Waals surface area (Å²) in [5, 5.41) is 4.71. The first kappa shape index (κ1) is 11.9. The van der Waals surface area contributed by atoms with Crippen LogP contribution in [-0.2, 0) is 19.4 Å². The van der Waals surface area contributed by atoms with E-state index >= 15 is 0 Å². The van der Waals surface area contributed by atoms with E-state index in [1.54, 1.807) is 0 Å². The van der Waals surface area contributed by atoms with E-state index in [0.29, 0.717) is 6.54 Å². The zero-order valence-corrected chi connectivity index (χ0v) is 11.8. The van der Waals surface area contributed by atoms with Crippen LogP contribution in [0.1, 0.15) is 17.8 Å². The largest absolute Gasteiger partial charge is 0.330 e. The molecule has 0 unspecified atom stereocenters. The molecule has 0 radical (unpaired) electrons. The number of nitrogens with zero attached hydrogens (tertiary/aromatic N) is 2. The number of nitrogens with two attached hydrogens (primary N) is 1. The highest BCUT2D eigenvalue weighted by Crippen LogP contribution is 2.33. The average Bonchev–Trinajstić information content (AvgIpc) is 2.89. The second-order valence-corrected chi connectivity index (χ2v) is 5.56. The van der Waals surface area contributed by atoms with Crippen LogP contribution in [0.3, 0.4) is 0 Å². The topological polar surface area (TPSA) is 43.8 Å². The molecule has 2 heterocycles. The SMILES string of the molecule is NCCc1nn2c(c1-c1cccc(Br)c1)CCC2. The Labute approximate surface area is 115 Å². The second kappa shape index (κ2) is 4.86. The smallest absolute Gasteiger partial charge is 0.0718 e. The van der Waals surface area contributed by atoms with Crippen LogP contribution in [-0.4, -0.2) is 16.3 Å². The van der Waals surface area contributed by atoms with Gasteiger partial charge in [0.2, 0.25) is 0 Å².